The smallest absolute Gasteiger partial charge is 0.0312 e. The van der Waals surface area contributed by atoms with Crippen LogP contribution in [0, 0.1) is 0 Å². The van der Waals surface area contributed by atoms with Gasteiger partial charge in [0, 0.05) is 24.5 Å². The zero-order chi connectivity index (χ0) is 10.8. The van der Waals surface area contributed by atoms with E-state index in [0.29, 0.717) is 5.54 Å². The molecule has 1 spiro atoms. The molecule has 1 saturated carbocycles. The number of nitrogens with zero attached hydrogens (tertiary/aromatic N) is 2. The standard InChI is InChI=1S/C14H20N2/c1-2-7-14(6-1)8-4-10-16(14)12-13-5-3-9-15-11-13/h3,5,9,11H,1-2,4,6-8,10,12H2. The second-order valence-corrected chi connectivity index (χ2v) is 5.32. The average molecular weight is 216 g/mol. The van der Waals surface area contributed by atoms with Gasteiger partial charge >= 0.3 is 0 Å². The fourth-order valence-electron chi connectivity index (χ4n) is 3.55. The van der Waals surface area contributed by atoms with Crippen LogP contribution in [0.1, 0.15) is 44.1 Å². The summed E-state index contributed by atoms with van der Waals surface area (Å²) in [5, 5.41) is 0. The molecular weight excluding hydrogens is 196 g/mol. The van der Waals surface area contributed by atoms with Gasteiger partial charge in [0.1, 0.15) is 0 Å². The van der Waals surface area contributed by atoms with E-state index in [4.69, 9.17) is 0 Å². The maximum absolute atomic E-state index is 4.22. The van der Waals surface area contributed by atoms with Crippen molar-refractivity contribution >= 4 is 0 Å². The lowest BCUT2D eigenvalue weighted by Crippen LogP contribution is -2.40. The molecule has 1 aliphatic carbocycles. The first-order valence-electron chi connectivity index (χ1n) is 6.53. The van der Waals surface area contributed by atoms with Crippen LogP contribution >= 0.6 is 0 Å². The summed E-state index contributed by atoms with van der Waals surface area (Å²) in [5.74, 6) is 0. The van der Waals surface area contributed by atoms with E-state index in [9.17, 15) is 0 Å². The Morgan fingerprint density at radius 2 is 2.00 bits per heavy atom. The molecule has 1 aromatic heterocycles. The van der Waals surface area contributed by atoms with E-state index < -0.39 is 0 Å². The molecule has 0 N–H and O–H groups in total. The van der Waals surface area contributed by atoms with Gasteiger partial charge in [0.25, 0.3) is 0 Å². The minimum atomic E-state index is 0.565. The second kappa shape index (κ2) is 4.17. The lowest BCUT2D eigenvalue weighted by Gasteiger charge is -2.35. The molecule has 2 heterocycles. The summed E-state index contributed by atoms with van der Waals surface area (Å²) >= 11 is 0. The molecule has 1 aliphatic heterocycles. The van der Waals surface area contributed by atoms with Crippen molar-refractivity contribution in [1.29, 1.82) is 0 Å². The van der Waals surface area contributed by atoms with Crippen molar-refractivity contribution in [2.24, 2.45) is 0 Å². The van der Waals surface area contributed by atoms with E-state index in [1.165, 1.54) is 50.6 Å². The molecule has 3 rings (SSSR count). The maximum Gasteiger partial charge on any atom is 0.0312 e. The monoisotopic (exact) mass is 216 g/mol. The maximum atomic E-state index is 4.22. The van der Waals surface area contributed by atoms with Crippen molar-refractivity contribution in [2.45, 2.75) is 50.6 Å². The van der Waals surface area contributed by atoms with E-state index >= 15 is 0 Å². The van der Waals surface area contributed by atoms with E-state index in [1.54, 1.807) is 0 Å². The van der Waals surface area contributed by atoms with Crippen LogP contribution < -0.4 is 0 Å². The summed E-state index contributed by atoms with van der Waals surface area (Å²) in [6.07, 6.45) is 12.4. The molecule has 0 unspecified atom stereocenters. The number of aromatic nitrogens is 1. The van der Waals surface area contributed by atoms with Crippen LogP contribution in [0.2, 0.25) is 0 Å². The van der Waals surface area contributed by atoms with Gasteiger partial charge in [0.2, 0.25) is 0 Å². The second-order valence-electron chi connectivity index (χ2n) is 5.32. The zero-order valence-corrected chi connectivity index (χ0v) is 9.86. The minimum Gasteiger partial charge on any atom is -0.293 e. The Morgan fingerprint density at radius 1 is 1.19 bits per heavy atom. The van der Waals surface area contributed by atoms with Crippen LogP contribution in [0.15, 0.2) is 24.5 Å². The molecular formula is C14H20N2. The molecule has 0 aromatic carbocycles. The topological polar surface area (TPSA) is 16.1 Å². The Morgan fingerprint density at radius 3 is 2.75 bits per heavy atom. The van der Waals surface area contributed by atoms with Gasteiger partial charge in [-0.3, -0.25) is 9.88 Å². The predicted octanol–water partition coefficient (Wildman–Crippen LogP) is 2.99. The third-order valence-electron chi connectivity index (χ3n) is 4.37. The SMILES string of the molecule is c1cncc(CN2CCCC23CCCC3)c1. The van der Waals surface area contributed by atoms with Crippen molar-refractivity contribution in [3.05, 3.63) is 30.1 Å². The van der Waals surface area contributed by atoms with E-state index in [0.717, 1.165) is 6.54 Å². The van der Waals surface area contributed by atoms with Gasteiger partial charge in [-0.05, 0) is 43.9 Å². The summed E-state index contributed by atoms with van der Waals surface area (Å²) in [7, 11) is 0. The van der Waals surface area contributed by atoms with Crippen molar-refractivity contribution in [1.82, 2.24) is 9.88 Å². The van der Waals surface area contributed by atoms with Crippen LogP contribution in [0.4, 0.5) is 0 Å². The molecule has 0 atom stereocenters. The number of hydrogen-bond donors (Lipinski definition) is 0. The van der Waals surface area contributed by atoms with E-state index in [1.807, 2.05) is 18.5 Å². The summed E-state index contributed by atoms with van der Waals surface area (Å²) < 4.78 is 0. The number of hydrogen-bond acceptors (Lipinski definition) is 2. The molecule has 2 aliphatic rings. The summed E-state index contributed by atoms with van der Waals surface area (Å²) in [6, 6.07) is 4.25. The molecule has 1 aromatic rings. The average Bonchev–Trinajstić information content (AvgIpc) is 2.93. The molecule has 2 heteroatoms. The summed E-state index contributed by atoms with van der Waals surface area (Å²) in [5.41, 5.74) is 1.94. The lowest BCUT2D eigenvalue weighted by atomic mass is 9.94. The first-order valence-corrected chi connectivity index (χ1v) is 6.53. The van der Waals surface area contributed by atoms with Gasteiger partial charge in [0.05, 0.1) is 0 Å². The highest BCUT2D eigenvalue weighted by atomic mass is 15.2. The van der Waals surface area contributed by atoms with Gasteiger partial charge < -0.3 is 0 Å². The quantitative estimate of drug-likeness (QED) is 0.755. The number of likely N-dealkylation sites (tertiary alicyclic amines) is 1. The van der Waals surface area contributed by atoms with Crippen LogP contribution in [0.5, 0.6) is 0 Å². The Labute approximate surface area is 97.7 Å². The van der Waals surface area contributed by atoms with Crippen molar-refractivity contribution in [2.75, 3.05) is 6.54 Å². The Balaban J connectivity index is 1.75. The van der Waals surface area contributed by atoms with Crippen LogP contribution in [0.3, 0.4) is 0 Å². The highest BCUT2D eigenvalue weighted by Gasteiger charge is 2.42. The molecule has 1 saturated heterocycles. The molecule has 0 amide bonds. The van der Waals surface area contributed by atoms with Crippen molar-refractivity contribution < 1.29 is 0 Å². The van der Waals surface area contributed by atoms with Crippen LogP contribution in [0.25, 0.3) is 0 Å². The van der Waals surface area contributed by atoms with E-state index in [2.05, 4.69) is 16.0 Å². The Kier molecular flexibility index (Phi) is 2.68. The van der Waals surface area contributed by atoms with Gasteiger partial charge in [-0.1, -0.05) is 18.9 Å². The Hall–Kier alpha value is -0.890. The first kappa shape index (κ1) is 10.3. The van der Waals surface area contributed by atoms with Crippen LogP contribution in [-0.2, 0) is 6.54 Å². The van der Waals surface area contributed by atoms with Gasteiger partial charge in [-0.25, -0.2) is 0 Å². The lowest BCUT2D eigenvalue weighted by molar-refractivity contribution is 0.135. The fourth-order valence-corrected chi connectivity index (χ4v) is 3.55. The third-order valence-corrected chi connectivity index (χ3v) is 4.37. The number of rotatable bonds is 2. The molecule has 16 heavy (non-hydrogen) atoms. The normalized spacial score (nSPS) is 24.2. The molecule has 2 fully saturated rings. The highest BCUT2D eigenvalue weighted by molar-refractivity contribution is 5.10. The van der Waals surface area contributed by atoms with Gasteiger partial charge in [-0.15, -0.1) is 0 Å². The molecule has 0 bridgehead atoms. The van der Waals surface area contributed by atoms with E-state index in [-0.39, 0.29) is 0 Å². The van der Waals surface area contributed by atoms with Crippen LogP contribution in [-0.4, -0.2) is 22.0 Å². The first-order chi connectivity index (χ1) is 7.89. The van der Waals surface area contributed by atoms with Gasteiger partial charge in [0.15, 0.2) is 0 Å². The minimum absolute atomic E-state index is 0.565. The zero-order valence-electron chi connectivity index (χ0n) is 9.86. The summed E-state index contributed by atoms with van der Waals surface area (Å²) in [6.45, 7) is 2.39. The third kappa shape index (κ3) is 1.75. The summed E-state index contributed by atoms with van der Waals surface area (Å²) in [4.78, 5) is 6.93. The fraction of sp³-hybridized carbons (Fsp3) is 0.643. The largest absolute Gasteiger partial charge is 0.293 e. The van der Waals surface area contributed by atoms with Crippen molar-refractivity contribution in [3.8, 4) is 0 Å². The molecule has 2 nitrogen and oxygen atoms in total. The van der Waals surface area contributed by atoms with Gasteiger partial charge in [-0.2, -0.15) is 0 Å². The highest BCUT2D eigenvalue weighted by Crippen LogP contribution is 2.43. The Bertz CT molecular complexity index is 336. The number of pyridine rings is 1. The molecule has 86 valence electrons. The predicted molar refractivity (Wildman–Crippen MR) is 65.1 cm³/mol. The van der Waals surface area contributed by atoms with Crippen molar-refractivity contribution in [3.63, 3.8) is 0 Å². The molecule has 0 radical (unpaired) electrons.